The molecule has 27 heavy (non-hydrogen) atoms. The van der Waals surface area contributed by atoms with E-state index in [-0.39, 0.29) is 23.7 Å². The highest BCUT2D eigenvalue weighted by molar-refractivity contribution is 5.69. The maximum Gasteiger partial charge on any atom is 0.303 e. The molecular weight excluding hydrogens is 356 g/mol. The molecule has 0 radical (unpaired) electrons. The Morgan fingerprint density at radius 3 is 1.19 bits per heavy atom. The van der Waals surface area contributed by atoms with Gasteiger partial charge in [0.05, 0.1) is 0 Å². The lowest BCUT2D eigenvalue weighted by Gasteiger charge is -2.49. The van der Waals surface area contributed by atoms with Gasteiger partial charge in [0.15, 0.2) is 12.2 Å². The zero-order chi connectivity index (χ0) is 19.9. The van der Waals surface area contributed by atoms with Crippen LogP contribution >= 0.6 is 0 Å². The number of fused-ring (bicyclic) bond motifs is 5. The molecular formula is C19H24O8. The number of esters is 4. The highest BCUT2D eigenvalue weighted by atomic mass is 16.6. The van der Waals surface area contributed by atoms with Crippen LogP contribution in [0.3, 0.4) is 0 Å². The molecule has 0 saturated heterocycles. The van der Waals surface area contributed by atoms with E-state index in [9.17, 15) is 19.2 Å². The van der Waals surface area contributed by atoms with Gasteiger partial charge in [0, 0.05) is 39.5 Å². The van der Waals surface area contributed by atoms with Crippen LogP contribution in [0.25, 0.3) is 0 Å². The van der Waals surface area contributed by atoms with Gasteiger partial charge in [-0.15, -0.1) is 0 Å². The summed E-state index contributed by atoms with van der Waals surface area (Å²) in [6.07, 6.45) is 1.28. The van der Waals surface area contributed by atoms with Crippen LogP contribution in [-0.2, 0) is 38.1 Å². The molecule has 2 saturated carbocycles. The quantitative estimate of drug-likeness (QED) is 0.406. The monoisotopic (exact) mass is 380 g/mol. The minimum absolute atomic E-state index is 0.110. The molecule has 148 valence electrons. The van der Waals surface area contributed by atoms with Crippen molar-refractivity contribution in [3.05, 3.63) is 12.2 Å². The van der Waals surface area contributed by atoms with E-state index in [0.717, 1.165) is 6.42 Å². The number of allylic oxidation sites excluding steroid dienone is 2. The molecule has 8 nitrogen and oxygen atoms in total. The van der Waals surface area contributed by atoms with Crippen LogP contribution in [0.2, 0.25) is 0 Å². The average Bonchev–Trinajstić information content (AvgIpc) is 3.13. The molecule has 0 aromatic rings. The number of carbonyl (C=O) groups excluding carboxylic acids is 4. The summed E-state index contributed by atoms with van der Waals surface area (Å²) in [5, 5.41) is 0. The smallest absolute Gasteiger partial charge is 0.303 e. The third-order valence-corrected chi connectivity index (χ3v) is 5.52. The lowest BCUT2D eigenvalue weighted by atomic mass is 9.67. The first-order valence-electron chi connectivity index (χ1n) is 9.06. The van der Waals surface area contributed by atoms with Gasteiger partial charge in [0.1, 0.15) is 12.2 Å². The summed E-state index contributed by atoms with van der Waals surface area (Å²) in [7, 11) is 0. The molecule has 2 fully saturated rings. The van der Waals surface area contributed by atoms with Crippen molar-refractivity contribution in [2.75, 3.05) is 0 Å². The van der Waals surface area contributed by atoms with Crippen molar-refractivity contribution in [2.45, 2.75) is 58.5 Å². The standard InChI is InChI=1S/C19H24O8/c1-8(20)24-16-14-12-5-6-13(7-12)15(14)17(25-9(2)21)19(27-11(4)23)18(16)26-10(3)22/h5-6,12-19H,7H2,1-4H3. The van der Waals surface area contributed by atoms with Crippen molar-refractivity contribution < 1.29 is 38.1 Å². The molecule has 2 bridgehead atoms. The summed E-state index contributed by atoms with van der Waals surface area (Å²) in [5.41, 5.74) is 0. The molecule has 0 N–H and O–H groups in total. The number of hydrogen-bond donors (Lipinski definition) is 0. The van der Waals surface area contributed by atoms with E-state index in [2.05, 4.69) is 12.2 Å². The van der Waals surface area contributed by atoms with E-state index >= 15 is 0 Å². The van der Waals surface area contributed by atoms with Crippen LogP contribution in [0.1, 0.15) is 34.1 Å². The molecule has 3 rings (SSSR count). The Labute approximate surface area is 157 Å². The van der Waals surface area contributed by atoms with Crippen molar-refractivity contribution in [2.24, 2.45) is 23.7 Å². The second-order valence-corrected chi connectivity index (χ2v) is 7.40. The lowest BCUT2D eigenvalue weighted by Crippen LogP contribution is -2.63. The number of ether oxygens (including phenoxy) is 4. The van der Waals surface area contributed by atoms with E-state index in [1.807, 2.05) is 0 Å². The average molecular weight is 380 g/mol. The van der Waals surface area contributed by atoms with Gasteiger partial charge in [-0.25, -0.2) is 0 Å². The predicted molar refractivity (Wildman–Crippen MR) is 89.9 cm³/mol. The normalized spacial score (nSPS) is 38.7. The van der Waals surface area contributed by atoms with Gasteiger partial charge in [-0.2, -0.15) is 0 Å². The molecule has 3 aliphatic carbocycles. The highest BCUT2D eigenvalue weighted by Gasteiger charge is 2.64. The van der Waals surface area contributed by atoms with Gasteiger partial charge in [-0.1, -0.05) is 12.2 Å². The Balaban J connectivity index is 2.06. The van der Waals surface area contributed by atoms with Crippen LogP contribution in [0.4, 0.5) is 0 Å². The molecule has 8 unspecified atom stereocenters. The largest absolute Gasteiger partial charge is 0.458 e. The number of carbonyl (C=O) groups is 4. The van der Waals surface area contributed by atoms with Crippen molar-refractivity contribution in [3.63, 3.8) is 0 Å². The molecule has 0 spiro atoms. The minimum atomic E-state index is -1.05. The van der Waals surface area contributed by atoms with E-state index in [1.54, 1.807) is 0 Å². The number of rotatable bonds is 4. The maximum atomic E-state index is 11.8. The minimum Gasteiger partial charge on any atom is -0.458 e. The Morgan fingerprint density at radius 1 is 0.593 bits per heavy atom. The Morgan fingerprint density at radius 2 is 0.889 bits per heavy atom. The topological polar surface area (TPSA) is 105 Å². The zero-order valence-electron chi connectivity index (χ0n) is 15.7. The van der Waals surface area contributed by atoms with Crippen molar-refractivity contribution in [1.82, 2.24) is 0 Å². The third-order valence-electron chi connectivity index (χ3n) is 5.52. The summed E-state index contributed by atoms with van der Waals surface area (Å²) in [6.45, 7) is 5.01. The first-order valence-corrected chi connectivity index (χ1v) is 9.06. The van der Waals surface area contributed by atoms with Gasteiger partial charge < -0.3 is 18.9 Å². The van der Waals surface area contributed by atoms with Gasteiger partial charge in [0.25, 0.3) is 0 Å². The number of hydrogen-bond acceptors (Lipinski definition) is 8. The fraction of sp³-hybridized carbons (Fsp3) is 0.684. The van der Waals surface area contributed by atoms with E-state index in [0.29, 0.717) is 0 Å². The molecule has 8 heteroatoms. The molecule has 0 aromatic carbocycles. The fourth-order valence-electron chi connectivity index (χ4n) is 4.96. The van der Waals surface area contributed by atoms with E-state index < -0.39 is 48.3 Å². The van der Waals surface area contributed by atoms with Crippen LogP contribution in [-0.4, -0.2) is 48.3 Å². The Bertz CT molecular complexity index is 627. The maximum absolute atomic E-state index is 11.8. The van der Waals surface area contributed by atoms with Crippen molar-refractivity contribution >= 4 is 23.9 Å². The molecule has 0 amide bonds. The van der Waals surface area contributed by atoms with Crippen LogP contribution < -0.4 is 0 Å². The summed E-state index contributed by atoms with van der Waals surface area (Å²) in [4.78, 5) is 47.0. The fourth-order valence-corrected chi connectivity index (χ4v) is 4.96. The second-order valence-electron chi connectivity index (χ2n) is 7.40. The predicted octanol–water partition coefficient (Wildman–Crippen LogP) is 1.17. The summed E-state index contributed by atoms with van der Waals surface area (Å²) in [6, 6.07) is 0. The molecule has 3 aliphatic rings. The first kappa shape index (κ1) is 19.4. The molecule has 0 aromatic heterocycles. The SMILES string of the molecule is CC(=O)OC1C(OC(C)=O)C(OC(C)=O)C2C3C=CC(C3)C2C1OC(C)=O. The third kappa shape index (κ3) is 3.70. The zero-order valence-corrected chi connectivity index (χ0v) is 15.7. The van der Waals surface area contributed by atoms with E-state index in [4.69, 9.17) is 18.9 Å². The van der Waals surface area contributed by atoms with Gasteiger partial charge in [-0.3, -0.25) is 19.2 Å². The highest BCUT2D eigenvalue weighted by Crippen LogP contribution is 2.56. The second kappa shape index (κ2) is 7.32. The van der Waals surface area contributed by atoms with Gasteiger partial charge in [0.2, 0.25) is 0 Å². The summed E-state index contributed by atoms with van der Waals surface area (Å²) in [5.74, 6) is -2.40. The van der Waals surface area contributed by atoms with Gasteiger partial charge in [-0.05, 0) is 18.3 Å². The van der Waals surface area contributed by atoms with Gasteiger partial charge >= 0.3 is 23.9 Å². The van der Waals surface area contributed by atoms with Crippen LogP contribution in [0.5, 0.6) is 0 Å². The van der Waals surface area contributed by atoms with Crippen molar-refractivity contribution in [3.8, 4) is 0 Å². The lowest BCUT2D eigenvalue weighted by molar-refractivity contribution is -0.231. The van der Waals surface area contributed by atoms with Crippen molar-refractivity contribution in [1.29, 1.82) is 0 Å². The Hall–Kier alpha value is -2.38. The Kier molecular flexibility index (Phi) is 5.26. The first-order chi connectivity index (χ1) is 12.7. The summed E-state index contributed by atoms with van der Waals surface area (Å²) < 4.78 is 22.0. The van der Waals surface area contributed by atoms with E-state index in [1.165, 1.54) is 27.7 Å². The van der Waals surface area contributed by atoms with Crippen LogP contribution in [0, 0.1) is 23.7 Å². The molecule has 8 atom stereocenters. The molecule has 0 aliphatic heterocycles. The molecule has 0 heterocycles. The summed E-state index contributed by atoms with van der Waals surface area (Å²) >= 11 is 0. The van der Waals surface area contributed by atoms with Crippen LogP contribution in [0.15, 0.2) is 12.2 Å².